The standard InChI is InChI=1S/C23H21NO6/c25-19-13-21(30-20-11-5-4-10-18(19)20)23(27)29-15-22(26)24(14-17-9-6-12-28-17)16-7-2-1-3-8-16/h4-7,9-13H,1-3,8,14-15H2. The molecule has 7 nitrogen and oxygen atoms in total. The van der Waals surface area contributed by atoms with Crippen LogP contribution in [0.5, 0.6) is 0 Å². The molecule has 3 aromatic rings. The minimum Gasteiger partial charge on any atom is -0.467 e. The van der Waals surface area contributed by atoms with Crippen LogP contribution in [0.4, 0.5) is 0 Å². The molecule has 0 spiro atoms. The highest BCUT2D eigenvalue weighted by atomic mass is 16.5. The van der Waals surface area contributed by atoms with Gasteiger partial charge in [-0.2, -0.15) is 0 Å². The van der Waals surface area contributed by atoms with E-state index in [0.717, 1.165) is 37.4 Å². The van der Waals surface area contributed by atoms with E-state index in [4.69, 9.17) is 13.6 Å². The van der Waals surface area contributed by atoms with Crippen LogP contribution in [0.15, 0.2) is 74.1 Å². The van der Waals surface area contributed by atoms with Gasteiger partial charge in [0.2, 0.25) is 5.76 Å². The number of allylic oxidation sites excluding steroid dienone is 2. The summed E-state index contributed by atoms with van der Waals surface area (Å²) in [6.07, 6.45) is 7.35. The van der Waals surface area contributed by atoms with E-state index in [1.807, 2.05) is 6.08 Å². The topological polar surface area (TPSA) is 90.0 Å². The second kappa shape index (κ2) is 8.82. The van der Waals surface area contributed by atoms with Crippen LogP contribution in [0, 0.1) is 0 Å². The lowest BCUT2D eigenvalue weighted by molar-refractivity contribution is -0.133. The number of ether oxygens (including phenoxy) is 1. The number of hydrogen-bond donors (Lipinski definition) is 0. The molecule has 4 rings (SSSR count). The van der Waals surface area contributed by atoms with Gasteiger partial charge in [0.1, 0.15) is 11.3 Å². The van der Waals surface area contributed by atoms with Gasteiger partial charge in [-0.25, -0.2) is 4.79 Å². The molecule has 2 heterocycles. The molecule has 0 N–H and O–H groups in total. The Balaban J connectivity index is 1.48. The average molecular weight is 407 g/mol. The molecule has 154 valence electrons. The summed E-state index contributed by atoms with van der Waals surface area (Å²) >= 11 is 0. The van der Waals surface area contributed by atoms with E-state index < -0.39 is 12.6 Å². The van der Waals surface area contributed by atoms with Crippen LogP contribution in [-0.2, 0) is 16.1 Å². The molecular formula is C23H21NO6. The SMILES string of the molecule is O=C(OCC(=O)N(Cc1ccco1)C1=CCCCC1)c1cc(=O)c2ccccc2o1. The van der Waals surface area contributed by atoms with Gasteiger partial charge in [0.25, 0.3) is 5.91 Å². The highest BCUT2D eigenvalue weighted by Crippen LogP contribution is 2.23. The van der Waals surface area contributed by atoms with Crippen LogP contribution in [0.25, 0.3) is 11.0 Å². The molecule has 7 heteroatoms. The monoisotopic (exact) mass is 407 g/mol. The number of carbonyl (C=O) groups excluding carboxylic acids is 2. The zero-order valence-corrected chi connectivity index (χ0v) is 16.3. The second-order valence-corrected chi connectivity index (χ2v) is 7.05. The van der Waals surface area contributed by atoms with Gasteiger partial charge < -0.3 is 18.5 Å². The number of hydrogen-bond acceptors (Lipinski definition) is 6. The predicted molar refractivity (Wildman–Crippen MR) is 109 cm³/mol. The van der Waals surface area contributed by atoms with Gasteiger partial charge in [-0.05, 0) is 49.9 Å². The number of benzene rings is 1. The molecule has 0 fully saturated rings. The van der Waals surface area contributed by atoms with E-state index in [1.54, 1.807) is 47.6 Å². The Morgan fingerprint density at radius 3 is 2.73 bits per heavy atom. The zero-order valence-electron chi connectivity index (χ0n) is 16.3. The molecule has 1 amide bonds. The molecule has 0 unspecified atom stereocenters. The molecule has 1 aliphatic rings. The van der Waals surface area contributed by atoms with Gasteiger partial charge in [0, 0.05) is 11.8 Å². The summed E-state index contributed by atoms with van der Waals surface area (Å²) in [6, 6.07) is 11.3. The van der Waals surface area contributed by atoms with Crippen LogP contribution in [0.2, 0.25) is 0 Å². The van der Waals surface area contributed by atoms with Crippen LogP contribution >= 0.6 is 0 Å². The van der Waals surface area contributed by atoms with Gasteiger partial charge in [-0.1, -0.05) is 18.2 Å². The highest BCUT2D eigenvalue weighted by Gasteiger charge is 2.23. The number of fused-ring (bicyclic) bond motifs is 1. The number of nitrogens with zero attached hydrogens (tertiary/aromatic N) is 1. The molecule has 30 heavy (non-hydrogen) atoms. The summed E-state index contributed by atoms with van der Waals surface area (Å²) in [5.41, 5.74) is 0.841. The van der Waals surface area contributed by atoms with E-state index in [0.29, 0.717) is 11.1 Å². The average Bonchev–Trinajstić information content (AvgIpc) is 3.29. The highest BCUT2D eigenvalue weighted by molar-refractivity contribution is 5.91. The largest absolute Gasteiger partial charge is 0.467 e. The fraction of sp³-hybridized carbons (Fsp3) is 0.261. The third kappa shape index (κ3) is 4.35. The summed E-state index contributed by atoms with van der Waals surface area (Å²) in [5.74, 6) is -0.819. The van der Waals surface area contributed by atoms with Crippen LogP contribution in [0.1, 0.15) is 42.0 Å². The summed E-state index contributed by atoms with van der Waals surface area (Å²) in [7, 11) is 0. The molecule has 0 saturated heterocycles. The van der Waals surface area contributed by atoms with E-state index in [9.17, 15) is 14.4 Å². The van der Waals surface area contributed by atoms with Crippen molar-refractivity contribution in [3.05, 3.63) is 82.2 Å². The van der Waals surface area contributed by atoms with Crippen molar-refractivity contribution < 1.29 is 23.2 Å². The third-order valence-corrected chi connectivity index (χ3v) is 4.97. The fourth-order valence-corrected chi connectivity index (χ4v) is 3.46. The van der Waals surface area contributed by atoms with Gasteiger partial charge >= 0.3 is 5.97 Å². The third-order valence-electron chi connectivity index (χ3n) is 4.97. The lowest BCUT2D eigenvalue weighted by atomic mass is 10.0. The summed E-state index contributed by atoms with van der Waals surface area (Å²) < 4.78 is 16.0. The minimum absolute atomic E-state index is 0.235. The lowest BCUT2D eigenvalue weighted by Gasteiger charge is -2.26. The first-order valence-electron chi connectivity index (χ1n) is 9.83. The Morgan fingerprint density at radius 2 is 1.97 bits per heavy atom. The molecule has 0 bridgehead atoms. The Bertz CT molecular complexity index is 1140. The molecule has 0 radical (unpaired) electrons. The summed E-state index contributed by atoms with van der Waals surface area (Å²) in [4.78, 5) is 39.0. The first-order chi connectivity index (χ1) is 14.6. The van der Waals surface area contributed by atoms with Crippen molar-refractivity contribution in [1.82, 2.24) is 4.90 Å². The van der Waals surface area contributed by atoms with Gasteiger partial charge in [0.15, 0.2) is 12.0 Å². The Hall–Kier alpha value is -3.61. The molecule has 2 aromatic heterocycles. The van der Waals surface area contributed by atoms with Crippen molar-refractivity contribution in [2.24, 2.45) is 0 Å². The van der Waals surface area contributed by atoms with E-state index in [2.05, 4.69) is 0 Å². The smallest absolute Gasteiger partial charge is 0.374 e. The fourth-order valence-electron chi connectivity index (χ4n) is 3.46. The van der Waals surface area contributed by atoms with E-state index in [-0.39, 0.29) is 29.2 Å². The number of rotatable bonds is 6. The first kappa shape index (κ1) is 19.7. The lowest BCUT2D eigenvalue weighted by Crippen LogP contribution is -2.34. The maximum absolute atomic E-state index is 12.9. The molecule has 0 saturated carbocycles. The minimum atomic E-state index is -0.859. The van der Waals surface area contributed by atoms with E-state index >= 15 is 0 Å². The summed E-state index contributed by atoms with van der Waals surface area (Å²) in [6.45, 7) is -0.201. The molecule has 1 aliphatic carbocycles. The number of carbonyl (C=O) groups is 2. The first-order valence-corrected chi connectivity index (χ1v) is 9.83. The van der Waals surface area contributed by atoms with Gasteiger partial charge in [-0.15, -0.1) is 0 Å². The zero-order chi connectivity index (χ0) is 20.9. The molecular weight excluding hydrogens is 386 g/mol. The maximum Gasteiger partial charge on any atom is 0.374 e. The molecule has 0 atom stereocenters. The molecule has 0 aliphatic heterocycles. The van der Waals surface area contributed by atoms with Crippen molar-refractivity contribution in [3.63, 3.8) is 0 Å². The van der Waals surface area contributed by atoms with Crippen molar-refractivity contribution >= 4 is 22.8 Å². The normalized spacial score (nSPS) is 13.7. The Morgan fingerprint density at radius 1 is 1.10 bits per heavy atom. The van der Waals surface area contributed by atoms with Gasteiger partial charge in [0.05, 0.1) is 18.2 Å². The quantitative estimate of drug-likeness (QED) is 0.573. The van der Waals surface area contributed by atoms with Crippen molar-refractivity contribution in [2.75, 3.05) is 6.61 Å². The van der Waals surface area contributed by atoms with Crippen molar-refractivity contribution in [1.29, 1.82) is 0 Å². The molecule has 1 aromatic carbocycles. The van der Waals surface area contributed by atoms with Crippen molar-refractivity contribution in [2.45, 2.75) is 32.2 Å². The van der Waals surface area contributed by atoms with Gasteiger partial charge in [-0.3, -0.25) is 9.59 Å². The Kier molecular flexibility index (Phi) is 5.79. The second-order valence-electron chi connectivity index (χ2n) is 7.05. The van der Waals surface area contributed by atoms with Crippen LogP contribution in [-0.4, -0.2) is 23.4 Å². The predicted octanol–water partition coefficient (Wildman–Crippen LogP) is 4.03. The van der Waals surface area contributed by atoms with E-state index in [1.165, 1.54) is 0 Å². The number of para-hydroxylation sites is 1. The number of furan rings is 1. The Labute approximate surface area is 172 Å². The number of esters is 1. The van der Waals surface area contributed by atoms with Crippen LogP contribution < -0.4 is 5.43 Å². The van der Waals surface area contributed by atoms with Crippen LogP contribution in [0.3, 0.4) is 0 Å². The van der Waals surface area contributed by atoms with Crippen molar-refractivity contribution in [3.8, 4) is 0 Å². The number of amides is 1. The summed E-state index contributed by atoms with van der Waals surface area (Å²) in [5, 5.41) is 0.374. The maximum atomic E-state index is 12.9.